The highest BCUT2D eigenvalue weighted by Gasteiger charge is 1.96. The van der Waals surface area contributed by atoms with E-state index in [4.69, 9.17) is 9.47 Å². The fourth-order valence-corrected chi connectivity index (χ4v) is 1.35. The zero-order valence-electron chi connectivity index (χ0n) is 9.14. The minimum absolute atomic E-state index is 0.570. The second kappa shape index (κ2) is 5.21. The second-order valence-corrected chi connectivity index (χ2v) is 3.37. The molecule has 0 aliphatic rings. The van der Waals surface area contributed by atoms with Crippen LogP contribution in [0.4, 0.5) is 0 Å². The highest BCUT2D eigenvalue weighted by Crippen LogP contribution is 2.17. The van der Waals surface area contributed by atoms with Crippen LogP contribution in [0.25, 0.3) is 0 Å². The molecule has 16 heavy (non-hydrogen) atoms. The fraction of sp³-hybridized carbons (Fsp3) is 0.143. The Hall–Kier alpha value is -1.96. The lowest BCUT2D eigenvalue weighted by Gasteiger charge is -2.06. The standard InChI is InChI=1S/C14H13O2/c1-15-13-7-9-14(10-8-13)16-11-12-5-3-2-4-6-12/h2-7,9-10H,11H2,1H3. The smallest absolute Gasteiger partial charge is 0.127 e. The molecule has 0 aliphatic heterocycles. The van der Waals surface area contributed by atoms with E-state index in [1.165, 1.54) is 0 Å². The van der Waals surface area contributed by atoms with Crippen molar-refractivity contribution < 1.29 is 9.47 Å². The van der Waals surface area contributed by atoms with E-state index in [9.17, 15) is 0 Å². The van der Waals surface area contributed by atoms with Crippen molar-refractivity contribution >= 4 is 0 Å². The molecule has 2 nitrogen and oxygen atoms in total. The first-order valence-corrected chi connectivity index (χ1v) is 5.11. The van der Waals surface area contributed by atoms with E-state index in [-0.39, 0.29) is 0 Å². The van der Waals surface area contributed by atoms with Crippen LogP contribution >= 0.6 is 0 Å². The van der Waals surface area contributed by atoms with Gasteiger partial charge in [-0.3, -0.25) is 0 Å². The minimum Gasteiger partial charge on any atom is -0.496 e. The van der Waals surface area contributed by atoms with E-state index in [0.29, 0.717) is 12.4 Å². The molecule has 0 aromatic heterocycles. The van der Waals surface area contributed by atoms with Gasteiger partial charge in [0.1, 0.15) is 18.1 Å². The Morgan fingerprint density at radius 3 is 2.50 bits per heavy atom. The van der Waals surface area contributed by atoms with E-state index < -0.39 is 0 Å². The molecule has 2 heteroatoms. The summed E-state index contributed by atoms with van der Waals surface area (Å²) < 4.78 is 10.6. The average Bonchev–Trinajstić information content (AvgIpc) is 2.38. The van der Waals surface area contributed by atoms with E-state index >= 15 is 0 Å². The lowest BCUT2D eigenvalue weighted by molar-refractivity contribution is 0.305. The van der Waals surface area contributed by atoms with Crippen molar-refractivity contribution in [3.05, 3.63) is 60.2 Å². The fourth-order valence-electron chi connectivity index (χ4n) is 1.35. The van der Waals surface area contributed by atoms with Gasteiger partial charge in [0.15, 0.2) is 0 Å². The van der Waals surface area contributed by atoms with E-state index in [1.807, 2.05) is 42.5 Å². The molecule has 1 radical (unpaired) electrons. The van der Waals surface area contributed by atoms with Gasteiger partial charge in [0.05, 0.1) is 7.11 Å². The molecule has 0 unspecified atom stereocenters. The number of methoxy groups -OCH3 is 1. The van der Waals surface area contributed by atoms with Gasteiger partial charge in [-0.1, -0.05) is 30.3 Å². The van der Waals surface area contributed by atoms with Crippen LogP contribution in [0.2, 0.25) is 0 Å². The van der Waals surface area contributed by atoms with Crippen LogP contribution in [0.15, 0.2) is 48.5 Å². The van der Waals surface area contributed by atoms with E-state index in [1.54, 1.807) is 13.2 Å². The Bertz CT molecular complexity index is 420. The van der Waals surface area contributed by atoms with Crippen LogP contribution in [0.5, 0.6) is 11.5 Å². The van der Waals surface area contributed by atoms with Gasteiger partial charge in [-0.15, -0.1) is 0 Å². The molecule has 0 amide bonds. The molecule has 0 aliphatic carbocycles. The monoisotopic (exact) mass is 213 g/mol. The van der Waals surface area contributed by atoms with Crippen LogP contribution in [0.3, 0.4) is 0 Å². The van der Waals surface area contributed by atoms with Gasteiger partial charge >= 0.3 is 0 Å². The molecule has 81 valence electrons. The zero-order chi connectivity index (χ0) is 11.2. The molecule has 2 rings (SSSR count). The molecule has 0 saturated heterocycles. The third-order valence-electron chi connectivity index (χ3n) is 2.22. The predicted molar refractivity (Wildman–Crippen MR) is 62.6 cm³/mol. The van der Waals surface area contributed by atoms with E-state index in [2.05, 4.69) is 6.07 Å². The van der Waals surface area contributed by atoms with Crippen molar-refractivity contribution in [2.75, 3.05) is 7.11 Å². The molecule has 0 fully saturated rings. The number of hydrogen-bond acceptors (Lipinski definition) is 2. The predicted octanol–water partition coefficient (Wildman–Crippen LogP) is 3.07. The van der Waals surface area contributed by atoms with Crippen molar-refractivity contribution in [3.8, 4) is 11.5 Å². The largest absolute Gasteiger partial charge is 0.496 e. The van der Waals surface area contributed by atoms with Crippen LogP contribution < -0.4 is 9.47 Å². The van der Waals surface area contributed by atoms with Gasteiger partial charge in [0.2, 0.25) is 0 Å². The van der Waals surface area contributed by atoms with Crippen LogP contribution in [-0.4, -0.2) is 7.11 Å². The maximum Gasteiger partial charge on any atom is 0.127 e. The summed E-state index contributed by atoms with van der Waals surface area (Å²) in [7, 11) is 1.62. The van der Waals surface area contributed by atoms with Crippen LogP contribution in [0, 0.1) is 6.07 Å². The summed E-state index contributed by atoms with van der Waals surface area (Å²) in [6.45, 7) is 0.570. The summed E-state index contributed by atoms with van der Waals surface area (Å²) in [6, 6.07) is 18.5. The van der Waals surface area contributed by atoms with Crippen molar-refractivity contribution in [2.45, 2.75) is 6.61 Å². The third kappa shape index (κ3) is 2.76. The summed E-state index contributed by atoms with van der Waals surface area (Å²) in [6.07, 6.45) is 0. The van der Waals surface area contributed by atoms with Crippen molar-refractivity contribution in [2.24, 2.45) is 0 Å². The molecule has 0 saturated carbocycles. The summed E-state index contributed by atoms with van der Waals surface area (Å²) in [5, 5.41) is 0. The number of benzene rings is 2. The molecule has 0 bridgehead atoms. The topological polar surface area (TPSA) is 18.5 Å². The summed E-state index contributed by atoms with van der Waals surface area (Å²) in [5.74, 6) is 1.51. The maximum absolute atomic E-state index is 5.60. The molecule has 0 atom stereocenters. The molecule has 2 aromatic rings. The highest BCUT2D eigenvalue weighted by atomic mass is 16.5. The Balaban J connectivity index is 1.94. The first kappa shape index (κ1) is 10.6. The molecular weight excluding hydrogens is 200 g/mol. The third-order valence-corrected chi connectivity index (χ3v) is 2.22. The maximum atomic E-state index is 5.60. The first-order valence-electron chi connectivity index (χ1n) is 5.11. The van der Waals surface area contributed by atoms with Crippen LogP contribution in [-0.2, 0) is 6.61 Å². The molecule has 0 N–H and O–H groups in total. The lowest BCUT2D eigenvalue weighted by atomic mass is 10.2. The van der Waals surface area contributed by atoms with E-state index in [0.717, 1.165) is 11.3 Å². The lowest BCUT2D eigenvalue weighted by Crippen LogP contribution is -1.94. The summed E-state index contributed by atoms with van der Waals surface area (Å²) in [4.78, 5) is 0. The Morgan fingerprint density at radius 1 is 1.06 bits per heavy atom. The van der Waals surface area contributed by atoms with Gasteiger partial charge in [-0.05, 0) is 23.8 Å². The normalized spacial score (nSPS) is 9.81. The van der Waals surface area contributed by atoms with Crippen LogP contribution in [0.1, 0.15) is 5.56 Å². The first-order chi connectivity index (χ1) is 7.88. The molecule has 2 aromatic carbocycles. The van der Waals surface area contributed by atoms with Crippen molar-refractivity contribution in [1.29, 1.82) is 0 Å². The van der Waals surface area contributed by atoms with Gasteiger partial charge in [-0.2, -0.15) is 0 Å². The average molecular weight is 213 g/mol. The van der Waals surface area contributed by atoms with Gasteiger partial charge in [0, 0.05) is 6.07 Å². The van der Waals surface area contributed by atoms with Gasteiger partial charge in [-0.25, -0.2) is 0 Å². The van der Waals surface area contributed by atoms with Crippen molar-refractivity contribution in [1.82, 2.24) is 0 Å². The second-order valence-electron chi connectivity index (χ2n) is 3.37. The Labute approximate surface area is 95.4 Å². The van der Waals surface area contributed by atoms with Gasteiger partial charge < -0.3 is 9.47 Å². The quantitative estimate of drug-likeness (QED) is 0.777. The summed E-state index contributed by atoms with van der Waals surface area (Å²) in [5.41, 5.74) is 1.15. The van der Waals surface area contributed by atoms with Crippen molar-refractivity contribution in [3.63, 3.8) is 0 Å². The summed E-state index contributed by atoms with van der Waals surface area (Å²) >= 11 is 0. The Kier molecular flexibility index (Phi) is 3.44. The number of ether oxygens (including phenoxy) is 2. The SMILES string of the molecule is COc1[c]cc(OCc2ccccc2)cc1. The zero-order valence-corrected chi connectivity index (χ0v) is 9.14. The highest BCUT2D eigenvalue weighted by molar-refractivity contribution is 5.30. The molecule has 0 spiro atoms. The Morgan fingerprint density at radius 2 is 1.88 bits per heavy atom. The minimum atomic E-state index is 0.570. The number of hydrogen-bond donors (Lipinski definition) is 0. The van der Waals surface area contributed by atoms with Gasteiger partial charge in [0.25, 0.3) is 0 Å². The molecular formula is C14H13O2. The molecule has 0 heterocycles. The number of rotatable bonds is 4.